The van der Waals surface area contributed by atoms with Crippen LogP contribution in [-0.4, -0.2) is 35.3 Å². The van der Waals surface area contributed by atoms with Gasteiger partial charge in [-0.25, -0.2) is 9.97 Å². The minimum absolute atomic E-state index is 0.106. The van der Waals surface area contributed by atoms with Gasteiger partial charge in [0.05, 0.1) is 39.9 Å². The van der Waals surface area contributed by atoms with Crippen molar-refractivity contribution < 1.29 is 14.3 Å². The standard InChI is InChI=1S/C19H17N3O3S3/c1-3-25-12-5-7-14-16(9-12)28-19(21-14)26-10-17(23)22-18-20-13-6-4-11(24-2)8-15(13)27-18/h4-9H,3,10H2,1-2H3,(H,20,22,23). The number of hydrogen-bond donors (Lipinski definition) is 1. The summed E-state index contributed by atoms with van der Waals surface area (Å²) in [6.07, 6.45) is 0. The van der Waals surface area contributed by atoms with Crippen molar-refractivity contribution in [3.05, 3.63) is 36.4 Å². The number of anilines is 1. The first-order chi connectivity index (χ1) is 13.6. The number of thioether (sulfide) groups is 1. The van der Waals surface area contributed by atoms with E-state index in [0.29, 0.717) is 11.7 Å². The van der Waals surface area contributed by atoms with E-state index in [1.807, 2.05) is 43.3 Å². The number of benzene rings is 2. The Balaban J connectivity index is 1.39. The molecule has 0 aliphatic carbocycles. The van der Waals surface area contributed by atoms with E-state index < -0.39 is 0 Å². The Morgan fingerprint density at radius 2 is 1.79 bits per heavy atom. The van der Waals surface area contributed by atoms with E-state index in [-0.39, 0.29) is 11.7 Å². The Morgan fingerprint density at radius 1 is 1.07 bits per heavy atom. The van der Waals surface area contributed by atoms with Crippen molar-refractivity contribution in [2.45, 2.75) is 11.3 Å². The number of ether oxygens (including phenoxy) is 2. The summed E-state index contributed by atoms with van der Waals surface area (Å²) < 4.78 is 13.6. The monoisotopic (exact) mass is 431 g/mol. The molecular weight excluding hydrogens is 414 g/mol. The fourth-order valence-corrected chi connectivity index (χ4v) is 5.38. The van der Waals surface area contributed by atoms with Crippen LogP contribution in [0, 0.1) is 0 Å². The lowest BCUT2D eigenvalue weighted by Crippen LogP contribution is -2.13. The predicted molar refractivity (Wildman–Crippen MR) is 116 cm³/mol. The molecule has 0 radical (unpaired) electrons. The lowest BCUT2D eigenvalue weighted by Gasteiger charge is -2.00. The van der Waals surface area contributed by atoms with Crippen LogP contribution in [0.2, 0.25) is 0 Å². The van der Waals surface area contributed by atoms with Crippen LogP contribution in [0.25, 0.3) is 20.4 Å². The Hall–Kier alpha value is -2.36. The van der Waals surface area contributed by atoms with Gasteiger partial charge in [-0.3, -0.25) is 4.79 Å². The highest BCUT2D eigenvalue weighted by atomic mass is 32.2. The fraction of sp³-hybridized carbons (Fsp3) is 0.211. The maximum atomic E-state index is 12.3. The number of carbonyl (C=O) groups excluding carboxylic acids is 1. The van der Waals surface area contributed by atoms with E-state index in [1.165, 1.54) is 23.1 Å². The minimum atomic E-state index is -0.106. The summed E-state index contributed by atoms with van der Waals surface area (Å²) in [5.74, 6) is 1.77. The number of hydrogen-bond acceptors (Lipinski definition) is 8. The molecule has 0 spiro atoms. The van der Waals surface area contributed by atoms with Gasteiger partial charge in [0.1, 0.15) is 11.5 Å². The quantitative estimate of drug-likeness (QED) is 0.413. The molecule has 0 saturated carbocycles. The molecule has 0 saturated heterocycles. The van der Waals surface area contributed by atoms with Crippen molar-refractivity contribution in [2.75, 3.05) is 24.8 Å². The van der Waals surface area contributed by atoms with Crippen molar-refractivity contribution in [3.63, 3.8) is 0 Å². The number of fused-ring (bicyclic) bond motifs is 2. The molecule has 28 heavy (non-hydrogen) atoms. The Bertz CT molecular complexity index is 1140. The maximum absolute atomic E-state index is 12.3. The Kier molecular flexibility index (Phi) is 5.65. The van der Waals surface area contributed by atoms with Crippen LogP contribution in [0.3, 0.4) is 0 Å². The van der Waals surface area contributed by atoms with Gasteiger partial charge >= 0.3 is 0 Å². The molecule has 0 bridgehead atoms. The topological polar surface area (TPSA) is 73.3 Å². The van der Waals surface area contributed by atoms with Gasteiger partial charge in [-0.05, 0) is 43.3 Å². The molecule has 0 aliphatic heterocycles. The summed E-state index contributed by atoms with van der Waals surface area (Å²) in [6.45, 7) is 2.59. The molecule has 1 N–H and O–H groups in total. The molecule has 1 amide bonds. The van der Waals surface area contributed by atoms with Gasteiger partial charge in [0, 0.05) is 0 Å². The molecule has 0 aliphatic rings. The zero-order chi connectivity index (χ0) is 19.5. The molecular formula is C19H17N3O3S3. The van der Waals surface area contributed by atoms with Crippen molar-refractivity contribution >= 4 is 65.9 Å². The summed E-state index contributed by atoms with van der Waals surface area (Å²) in [5.41, 5.74) is 1.75. The maximum Gasteiger partial charge on any atom is 0.236 e. The Labute approximate surface area is 173 Å². The lowest BCUT2D eigenvalue weighted by atomic mass is 10.3. The number of rotatable bonds is 7. The SMILES string of the molecule is CCOc1ccc2nc(SCC(=O)Nc3nc4ccc(OC)cc4s3)sc2c1. The van der Waals surface area contributed by atoms with Gasteiger partial charge < -0.3 is 14.8 Å². The molecule has 2 aromatic carbocycles. The van der Waals surface area contributed by atoms with Gasteiger partial charge in [-0.2, -0.15) is 0 Å². The average molecular weight is 432 g/mol. The molecule has 4 aromatic rings. The highest BCUT2D eigenvalue weighted by Crippen LogP contribution is 2.32. The number of thiazole rings is 2. The average Bonchev–Trinajstić information content (AvgIpc) is 3.28. The first-order valence-corrected chi connectivity index (χ1v) is 11.2. The van der Waals surface area contributed by atoms with Gasteiger partial charge in [-0.1, -0.05) is 23.1 Å². The predicted octanol–water partition coefficient (Wildman–Crippen LogP) is 5.04. The van der Waals surface area contributed by atoms with E-state index in [2.05, 4.69) is 15.3 Å². The minimum Gasteiger partial charge on any atom is -0.497 e. The van der Waals surface area contributed by atoms with Gasteiger partial charge in [0.2, 0.25) is 5.91 Å². The van der Waals surface area contributed by atoms with Crippen LogP contribution in [0.4, 0.5) is 5.13 Å². The van der Waals surface area contributed by atoms with E-state index in [1.54, 1.807) is 18.4 Å². The molecule has 2 aromatic heterocycles. The lowest BCUT2D eigenvalue weighted by molar-refractivity contribution is -0.113. The second kappa shape index (κ2) is 8.34. The van der Waals surface area contributed by atoms with Crippen molar-refractivity contribution in [1.82, 2.24) is 9.97 Å². The molecule has 0 unspecified atom stereocenters. The van der Waals surface area contributed by atoms with Crippen LogP contribution < -0.4 is 14.8 Å². The van der Waals surface area contributed by atoms with E-state index >= 15 is 0 Å². The van der Waals surface area contributed by atoms with Crippen LogP contribution in [0.15, 0.2) is 40.7 Å². The van der Waals surface area contributed by atoms with Crippen molar-refractivity contribution in [1.29, 1.82) is 0 Å². The summed E-state index contributed by atoms with van der Waals surface area (Å²) in [4.78, 5) is 21.3. The van der Waals surface area contributed by atoms with Crippen molar-refractivity contribution in [2.24, 2.45) is 0 Å². The molecule has 144 valence electrons. The van der Waals surface area contributed by atoms with Crippen LogP contribution in [-0.2, 0) is 4.79 Å². The number of nitrogens with one attached hydrogen (secondary N) is 1. The summed E-state index contributed by atoms with van der Waals surface area (Å²) in [6, 6.07) is 11.5. The van der Waals surface area contributed by atoms with Gasteiger partial charge in [0.25, 0.3) is 0 Å². The molecule has 9 heteroatoms. The molecule has 0 fully saturated rings. The molecule has 6 nitrogen and oxygen atoms in total. The van der Waals surface area contributed by atoms with Crippen LogP contribution >= 0.6 is 34.4 Å². The second-order valence-electron chi connectivity index (χ2n) is 5.73. The van der Waals surface area contributed by atoms with Gasteiger partial charge in [0.15, 0.2) is 9.47 Å². The zero-order valence-electron chi connectivity index (χ0n) is 15.2. The third-order valence-corrected chi connectivity index (χ3v) is 6.91. The fourth-order valence-electron chi connectivity index (χ4n) is 2.57. The van der Waals surface area contributed by atoms with Crippen LogP contribution in [0.1, 0.15) is 6.92 Å². The largest absolute Gasteiger partial charge is 0.497 e. The normalized spacial score (nSPS) is 11.1. The zero-order valence-corrected chi connectivity index (χ0v) is 17.7. The molecule has 2 heterocycles. The number of amides is 1. The van der Waals surface area contributed by atoms with E-state index in [4.69, 9.17) is 9.47 Å². The molecule has 0 atom stereocenters. The van der Waals surface area contributed by atoms with Crippen molar-refractivity contribution in [3.8, 4) is 11.5 Å². The third-order valence-electron chi connectivity index (χ3n) is 3.82. The van der Waals surface area contributed by atoms with Crippen LogP contribution in [0.5, 0.6) is 11.5 Å². The number of nitrogens with zero attached hydrogens (tertiary/aromatic N) is 2. The number of carbonyl (C=O) groups is 1. The summed E-state index contributed by atoms with van der Waals surface area (Å²) >= 11 is 4.40. The number of aromatic nitrogens is 2. The summed E-state index contributed by atoms with van der Waals surface area (Å²) in [5, 5.41) is 3.45. The first-order valence-electron chi connectivity index (χ1n) is 8.55. The number of methoxy groups -OCH3 is 1. The first kappa shape index (κ1) is 19.0. The van der Waals surface area contributed by atoms with Gasteiger partial charge in [-0.15, -0.1) is 11.3 Å². The second-order valence-corrected chi connectivity index (χ2v) is 9.02. The summed E-state index contributed by atoms with van der Waals surface area (Å²) in [7, 11) is 1.63. The smallest absolute Gasteiger partial charge is 0.236 e. The highest BCUT2D eigenvalue weighted by Gasteiger charge is 2.11. The highest BCUT2D eigenvalue weighted by molar-refractivity contribution is 8.01. The third kappa shape index (κ3) is 4.21. The van der Waals surface area contributed by atoms with E-state index in [9.17, 15) is 4.79 Å². The van der Waals surface area contributed by atoms with E-state index in [0.717, 1.165) is 36.3 Å². The Morgan fingerprint density at radius 3 is 2.57 bits per heavy atom. The molecule has 4 rings (SSSR count).